The summed E-state index contributed by atoms with van der Waals surface area (Å²) >= 11 is 12.8. The summed E-state index contributed by atoms with van der Waals surface area (Å²) in [6.07, 6.45) is 6.38. The van der Waals surface area contributed by atoms with Crippen LogP contribution in [-0.2, 0) is 11.3 Å². The number of carbonyl (C=O) groups is 2. The van der Waals surface area contributed by atoms with E-state index >= 15 is 0 Å². The van der Waals surface area contributed by atoms with E-state index in [4.69, 9.17) is 28.2 Å². The minimum Gasteiger partial charge on any atom is -0.345 e. The van der Waals surface area contributed by atoms with Crippen LogP contribution in [0.25, 0.3) is 0 Å². The molecule has 1 spiro atoms. The van der Waals surface area contributed by atoms with Gasteiger partial charge >= 0.3 is 0 Å². The predicted molar refractivity (Wildman–Crippen MR) is 184 cm³/mol. The number of halogens is 2. The summed E-state index contributed by atoms with van der Waals surface area (Å²) in [5.41, 5.74) is 2.12. The number of aromatic nitrogens is 4. The van der Waals surface area contributed by atoms with Gasteiger partial charge in [0.15, 0.2) is 5.82 Å². The van der Waals surface area contributed by atoms with Crippen molar-refractivity contribution >= 4 is 40.7 Å². The normalized spacial score (nSPS) is 20.5. The molecule has 2 N–H and O–H groups in total. The number of hydrogen-bond donors (Lipinski definition) is 2. The maximum atomic E-state index is 14.6. The highest BCUT2D eigenvalue weighted by Crippen LogP contribution is 2.51. The van der Waals surface area contributed by atoms with Gasteiger partial charge in [-0.05, 0) is 91.7 Å². The zero-order valence-corrected chi connectivity index (χ0v) is 28.3. The molecule has 0 radical (unpaired) electrons. The van der Waals surface area contributed by atoms with E-state index in [9.17, 15) is 9.59 Å². The zero-order valence-electron chi connectivity index (χ0n) is 26.7. The molecule has 1 aliphatic heterocycles. The number of carbonyl (C=O) groups excluding carboxylic acids is 2. The fraction of sp³-hybridized carbons (Fsp3) is 0.543. The maximum Gasteiger partial charge on any atom is 0.275 e. The Balaban J connectivity index is 0.00000480. The van der Waals surface area contributed by atoms with Gasteiger partial charge in [0.25, 0.3) is 11.8 Å². The Labute approximate surface area is 282 Å². The van der Waals surface area contributed by atoms with Crippen LogP contribution in [0.15, 0.2) is 47.5 Å². The molecule has 11 heteroatoms. The summed E-state index contributed by atoms with van der Waals surface area (Å²) in [5.74, 6) is 1.07. The molecule has 1 atom stereocenters. The van der Waals surface area contributed by atoms with Gasteiger partial charge in [-0.15, -0.1) is 10.2 Å². The van der Waals surface area contributed by atoms with Crippen molar-refractivity contribution in [3.8, 4) is 0 Å². The van der Waals surface area contributed by atoms with Crippen molar-refractivity contribution < 1.29 is 9.59 Å². The van der Waals surface area contributed by atoms with Gasteiger partial charge in [0.1, 0.15) is 11.4 Å². The van der Waals surface area contributed by atoms with Crippen LogP contribution in [0.5, 0.6) is 0 Å². The van der Waals surface area contributed by atoms with Crippen LogP contribution < -0.4 is 5.32 Å². The van der Waals surface area contributed by atoms with E-state index in [-0.39, 0.29) is 37.2 Å². The molecule has 46 heavy (non-hydrogen) atoms. The molecule has 1 fully saturated rings. The van der Waals surface area contributed by atoms with Crippen molar-refractivity contribution in [3.05, 3.63) is 75.0 Å². The first-order valence-electron chi connectivity index (χ1n) is 15.9. The van der Waals surface area contributed by atoms with E-state index < -0.39 is 5.66 Å². The highest BCUT2D eigenvalue weighted by molar-refractivity contribution is 6.47. The van der Waals surface area contributed by atoms with Crippen molar-refractivity contribution in [2.24, 2.45) is 22.2 Å². The third kappa shape index (κ3) is 7.63. The lowest BCUT2D eigenvalue weighted by molar-refractivity contribution is -0.134. The Morgan fingerprint density at radius 2 is 1.74 bits per heavy atom. The van der Waals surface area contributed by atoms with Crippen LogP contribution >= 0.6 is 23.2 Å². The largest absolute Gasteiger partial charge is 0.345 e. The Hall–Kier alpha value is -3.30. The standard InChI is InChI=1S/C34H43Cl2N7O2.CH4/c1-6-33(4,5)25-13-15-34(16-14-25)38-30(24-17-26(35)19-27(36)18-24)32(45)43(34)28(12-7-21(2)3)22-8-10-23(11-9-22)31(44)37-20-29-39-41-42-40-29;/h8-11,17-19,21,25,28H,6-7,12-16,20H2,1-5H3,(H,37,44)(H,39,40,41,42);1H4/t25?,28-,34?;/m1./s1. The van der Waals surface area contributed by atoms with Crippen molar-refractivity contribution in [2.45, 2.75) is 105 Å². The molecule has 1 aliphatic carbocycles. The molecule has 0 bridgehead atoms. The van der Waals surface area contributed by atoms with Gasteiger partial charge in [-0.1, -0.05) is 89.0 Å². The first-order valence-corrected chi connectivity index (χ1v) is 16.7. The van der Waals surface area contributed by atoms with E-state index in [0.717, 1.165) is 50.5 Å². The van der Waals surface area contributed by atoms with Gasteiger partial charge < -0.3 is 10.2 Å². The second-order valence-corrected chi connectivity index (χ2v) is 14.4. The third-order valence-electron chi connectivity index (χ3n) is 9.81. The molecule has 1 saturated carbocycles. The molecule has 1 aromatic heterocycles. The van der Waals surface area contributed by atoms with Crippen LogP contribution in [0.1, 0.15) is 120 Å². The topological polar surface area (TPSA) is 116 Å². The molecule has 3 aromatic rings. The summed E-state index contributed by atoms with van der Waals surface area (Å²) in [4.78, 5) is 34.8. The molecular weight excluding hydrogens is 621 g/mol. The first-order chi connectivity index (χ1) is 21.4. The van der Waals surface area contributed by atoms with Gasteiger partial charge in [0.2, 0.25) is 0 Å². The lowest BCUT2D eigenvalue weighted by Crippen LogP contribution is -2.51. The summed E-state index contributed by atoms with van der Waals surface area (Å²) in [7, 11) is 0. The summed E-state index contributed by atoms with van der Waals surface area (Å²) in [5, 5.41) is 17.4. The highest BCUT2D eigenvalue weighted by Gasteiger charge is 2.53. The first kappa shape index (κ1) is 35.6. The molecule has 248 valence electrons. The molecule has 2 heterocycles. The number of amides is 2. The minimum absolute atomic E-state index is 0. The summed E-state index contributed by atoms with van der Waals surface area (Å²) in [6, 6.07) is 12.6. The Morgan fingerprint density at radius 3 is 2.30 bits per heavy atom. The van der Waals surface area contributed by atoms with Crippen LogP contribution in [0.3, 0.4) is 0 Å². The van der Waals surface area contributed by atoms with E-state index in [1.165, 1.54) is 0 Å². The Bertz CT molecular complexity index is 1510. The molecule has 2 amide bonds. The number of aromatic amines is 1. The summed E-state index contributed by atoms with van der Waals surface area (Å²) < 4.78 is 0. The van der Waals surface area contributed by atoms with E-state index in [0.29, 0.717) is 44.5 Å². The van der Waals surface area contributed by atoms with Crippen LogP contribution in [0, 0.1) is 17.3 Å². The van der Waals surface area contributed by atoms with Gasteiger partial charge in [0, 0.05) is 21.2 Å². The average molecular weight is 669 g/mol. The lowest BCUT2D eigenvalue weighted by Gasteiger charge is -2.48. The number of rotatable bonds is 11. The van der Waals surface area contributed by atoms with E-state index in [1.54, 1.807) is 18.2 Å². The molecule has 5 rings (SSSR count). The average Bonchev–Trinajstić information content (AvgIpc) is 3.63. The molecule has 2 aromatic carbocycles. The molecule has 9 nitrogen and oxygen atoms in total. The fourth-order valence-corrected chi connectivity index (χ4v) is 7.26. The number of H-pyrrole nitrogens is 1. The molecule has 0 saturated heterocycles. The van der Waals surface area contributed by atoms with E-state index in [2.05, 4.69) is 65.5 Å². The summed E-state index contributed by atoms with van der Waals surface area (Å²) in [6.45, 7) is 11.5. The van der Waals surface area contributed by atoms with Crippen molar-refractivity contribution in [1.82, 2.24) is 30.8 Å². The monoisotopic (exact) mass is 667 g/mol. The SMILES string of the molecule is C.CCC(C)(C)C1CCC2(CC1)N=C(c1cc(Cl)cc(Cl)c1)C(=O)N2[C@H](CCC(C)C)c1ccc(C(=O)NCc2nn[nH]n2)cc1. The van der Waals surface area contributed by atoms with Gasteiger partial charge in [0.05, 0.1) is 12.6 Å². The molecular formula is C35H47Cl2N7O2. The van der Waals surface area contributed by atoms with E-state index in [1.807, 2.05) is 24.3 Å². The predicted octanol–water partition coefficient (Wildman–Crippen LogP) is 8.20. The Morgan fingerprint density at radius 1 is 1.09 bits per heavy atom. The number of tetrazole rings is 1. The number of hydrogen-bond acceptors (Lipinski definition) is 6. The second kappa shape index (κ2) is 14.6. The number of aliphatic imine (C=N–C) groups is 1. The lowest BCUT2D eigenvalue weighted by atomic mass is 9.67. The molecule has 0 unspecified atom stereocenters. The second-order valence-electron chi connectivity index (χ2n) is 13.5. The van der Waals surface area contributed by atoms with Gasteiger partial charge in [-0.2, -0.15) is 5.21 Å². The van der Waals surface area contributed by atoms with Crippen molar-refractivity contribution in [1.29, 1.82) is 0 Å². The smallest absolute Gasteiger partial charge is 0.275 e. The number of benzene rings is 2. The van der Waals surface area contributed by atoms with Gasteiger partial charge in [-0.3, -0.25) is 14.6 Å². The van der Waals surface area contributed by atoms with Crippen LogP contribution in [-0.4, -0.2) is 48.7 Å². The number of nitrogens with one attached hydrogen (secondary N) is 2. The minimum atomic E-state index is -0.663. The third-order valence-corrected chi connectivity index (χ3v) is 10.2. The highest BCUT2D eigenvalue weighted by atomic mass is 35.5. The maximum absolute atomic E-state index is 14.6. The zero-order chi connectivity index (χ0) is 32.4. The van der Waals surface area contributed by atoms with Crippen LogP contribution in [0.2, 0.25) is 10.0 Å². The fourth-order valence-electron chi connectivity index (χ4n) is 6.74. The van der Waals surface area contributed by atoms with Gasteiger partial charge in [-0.25, -0.2) is 0 Å². The molecule has 2 aliphatic rings. The van der Waals surface area contributed by atoms with Crippen molar-refractivity contribution in [2.75, 3.05) is 0 Å². The Kier molecular flexibility index (Phi) is 11.3. The number of nitrogens with zero attached hydrogens (tertiary/aromatic N) is 5. The van der Waals surface area contributed by atoms with Crippen LogP contribution in [0.4, 0.5) is 0 Å². The quantitative estimate of drug-likeness (QED) is 0.214. The van der Waals surface area contributed by atoms with Crippen molar-refractivity contribution in [3.63, 3.8) is 0 Å².